The summed E-state index contributed by atoms with van der Waals surface area (Å²) < 4.78 is 1.07. The maximum Gasteiger partial charge on any atom is 0.489 e. The molecule has 0 aliphatic heterocycles. The van der Waals surface area contributed by atoms with Crippen LogP contribution in [0.1, 0.15) is 0 Å². The van der Waals surface area contributed by atoms with E-state index in [0.29, 0.717) is 5.46 Å². The van der Waals surface area contributed by atoms with E-state index in [9.17, 15) is 0 Å². The fraction of sp³-hybridized carbons (Fsp3) is 0. The molecular weight excluding hydrogens is 1110 g/mol. The van der Waals surface area contributed by atoms with Crippen LogP contribution in [0.3, 0.4) is 0 Å². The largest absolute Gasteiger partial charge is 0.489 e. The van der Waals surface area contributed by atoms with E-state index in [0.717, 1.165) is 49.4 Å². The second-order valence-electron chi connectivity index (χ2n) is 20.8. The minimum absolute atomic E-state index is 0.554. The molecule has 0 spiro atoms. The highest BCUT2D eigenvalue weighted by Gasteiger charge is 2.17. The van der Waals surface area contributed by atoms with Crippen LogP contribution in [-0.4, -0.2) is 17.2 Å². The molecule has 14 aromatic rings. The third kappa shape index (κ3) is 13.2. The van der Waals surface area contributed by atoms with Crippen LogP contribution in [0.5, 0.6) is 0 Å². The fourth-order valence-corrected chi connectivity index (χ4v) is 11.2. The van der Waals surface area contributed by atoms with Crippen molar-refractivity contribution >= 4 is 84.2 Å². The number of hydrogen-bond acceptors (Lipinski definition) is 4. The van der Waals surface area contributed by atoms with Crippen molar-refractivity contribution in [3.05, 3.63) is 356 Å². The Morgan fingerprint density at radius 1 is 0.221 bits per heavy atom. The number of benzene rings is 14. The number of hydrogen-bond donors (Lipinski definition) is 2. The molecule has 0 aromatic heterocycles. The van der Waals surface area contributed by atoms with E-state index in [4.69, 9.17) is 10.0 Å². The van der Waals surface area contributed by atoms with Gasteiger partial charge in [-0.2, -0.15) is 0 Å². The van der Waals surface area contributed by atoms with Crippen molar-refractivity contribution < 1.29 is 10.0 Å². The first kappa shape index (κ1) is 56.2. The molecule has 0 radical (unpaired) electrons. The maximum atomic E-state index is 9.08. The highest BCUT2D eigenvalue weighted by Crippen LogP contribution is 2.40. The van der Waals surface area contributed by atoms with Crippen molar-refractivity contribution in [3.63, 3.8) is 0 Å². The van der Waals surface area contributed by atoms with E-state index in [-0.39, 0.29) is 0 Å². The lowest BCUT2D eigenvalue weighted by molar-refractivity contribution is 0.426. The van der Waals surface area contributed by atoms with Crippen molar-refractivity contribution in [2.75, 3.05) is 9.80 Å². The summed E-state index contributed by atoms with van der Waals surface area (Å²) in [5, 5.41) is 22.6. The van der Waals surface area contributed by atoms with Gasteiger partial charge < -0.3 is 19.8 Å². The van der Waals surface area contributed by atoms with Crippen molar-refractivity contribution in [1.29, 1.82) is 0 Å². The van der Waals surface area contributed by atoms with Gasteiger partial charge in [0.15, 0.2) is 0 Å². The van der Waals surface area contributed by atoms with Crippen LogP contribution in [0.15, 0.2) is 356 Å². The Morgan fingerprint density at radius 3 is 0.826 bits per heavy atom. The molecule has 6 heteroatoms. The fourth-order valence-electron chi connectivity index (χ4n) is 11.0. The molecule has 0 aliphatic carbocycles. The molecule has 0 saturated carbocycles. The maximum absolute atomic E-state index is 9.08. The molecule has 0 aliphatic rings. The average Bonchev–Trinajstić information content (AvgIpc) is 3.70. The third-order valence-electron chi connectivity index (χ3n) is 15.3. The van der Waals surface area contributed by atoms with Crippen LogP contribution in [0.2, 0.25) is 0 Å². The van der Waals surface area contributed by atoms with Crippen molar-refractivity contribution in [2.45, 2.75) is 0 Å². The van der Waals surface area contributed by atoms with Gasteiger partial charge in [-0.05, 0) is 168 Å². The highest BCUT2D eigenvalue weighted by atomic mass is 79.9. The van der Waals surface area contributed by atoms with E-state index in [1.807, 2.05) is 48.5 Å². The summed E-state index contributed by atoms with van der Waals surface area (Å²) in [6.07, 6.45) is 0. The van der Waals surface area contributed by atoms with Gasteiger partial charge in [-0.15, -0.1) is 0 Å². The molecule has 412 valence electrons. The summed E-state index contributed by atoms with van der Waals surface area (Å²) in [5.74, 6) is 0. The second kappa shape index (κ2) is 26.9. The lowest BCUT2D eigenvalue weighted by Crippen LogP contribution is -2.30. The molecule has 14 aromatic carbocycles. The Morgan fingerprint density at radius 2 is 0.477 bits per heavy atom. The molecule has 86 heavy (non-hydrogen) atoms. The summed E-state index contributed by atoms with van der Waals surface area (Å²) in [6.45, 7) is 0. The lowest BCUT2D eigenvalue weighted by atomic mass is 9.77. The molecule has 0 bridgehead atoms. The monoisotopic (exact) mass is 1170 g/mol. The second-order valence-corrected chi connectivity index (χ2v) is 21.7. The molecule has 0 unspecified atom stereocenters. The van der Waals surface area contributed by atoms with Gasteiger partial charge in [0, 0.05) is 38.6 Å². The van der Waals surface area contributed by atoms with Gasteiger partial charge in [0.25, 0.3) is 0 Å². The highest BCUT2D eigenvalue weighted by molar-refractivity contribution is 9.10. The Balaban J connectivity index is 0.000000142. The average molecular weight is 1170 g/mol. The molecule has 2 N–H and O–H groups in total. The van der Waals surface area contributed by atoms with E-state index in [1.165, 1.54) is 66.4 Å². The van der Waals surface area contributed by atoms with Crippen LogP contribution in [0.25, 0.3) is 77.2 Å². The Kier molecular flexibility index (Phi) is 17.6. The van der Waals surface area contributed by atoms with Crippen LogP contribution in [0.4, 0.5) is 34.1 Å². The first-order valence-corrected chi connectivity index (χ1v) is 29.6. The smallest absolute Gasteiger partial charge is 0.423 e. The predicted octanol–water partition coefficient (Wildman–Crippen LogP) is 21.1. The minimum Gasteiger partial charge on any atom is -0.423 e. The Hall–Kier alpha value is -10.3. The van der Waals surface area contributed by atoms with Gasteiger partial charge in [0.1, 0.15) is 0 Å². The number of fused-ring (bicyclic) bond motifs is 2. The first-order chi connectivity index (χ1) is 42.4. The summed E-state index contributed by atoms with van der Waals surface area (Å²) in [4.78, 5) is 4.62. The Bertz CT molecular complexity index is 4260. The Labute approximate surface area is 512 Å². The van der Waals surface area contributed by atoms with E-state index in [2.05, 4.69) is 323 Å². The van der Waals surface area contributed by atoms with E-state index < -0.39 is 7.12 Å². The summed E-state index contributed by atoms with van der Waals surface area (Å²) in [7, 11) is -1.40. The number of anilines is 6. The number of nitrogens with zero attached hydrogens (tertiary/aromatic N) is 2. The first-order valence-electron chi connectivity index (χ1n) is 28.8. The van der Waals surface area contributed by atoms with Crippen molar-refractivity contribution in [1.82, 2.24) is 0 Å². The van der Waals surface area contributed by atoms with Crippen LogP contribution < -0.4 is 15.3 Å². The van der Waals surface area contributed by atoms with Gasteiger partial charge in [0.05, 0.1) is 0 Å². The molecule has 0 saturated heterocycles. The molecule has 0 amide bonds. The summed E-state index contributed by atoms with van der Waals surface area (Å²) >= 11 is 3.56. The topological polar surface area (TPSA) is 46.9 Å². The standard InChI is InChI=1S/C40H29N.C30H22BrN.C10H9BO2/c1-3-10-30(11-4-1)32-18-24-36(25-19-32)41(37-26-20-33(21-27-37)31-12-5-2-6-13-31)38-28-22-35(23-29-38)40-17-9-15-34-14-7-8-16-39(34)40;31-27-15-21-30(22-16-27)32(28-17-11-25(12-18-28)23-7-3-1-4-8-23)29-19-13-26(14-20-29)24-9-5-2-6-10-24;12-11(13)10-7-3-5-8-4-1-2-6-9(8)10/h1-29H;1-22H;1-7,12-13H. The molecular formula is C80H60BBrN2O2. The van der Waals surface area contributed by atoms with Gasteiger partial charge in [-0.25, -0.2) is 0 Å². The van der Waals surface area contributed by atoms with Crippen LogP contribution in [0, 0.1) is 0 Å². The zero-order valence-corrected chi connectivity index (χ0v) is 48.8. The molecule has 4 nitrogen and oxygen atoms in total. The minimum atomic E-state index is -1.40. The van der Waals surface area contributed by atoms with Gasteiger partial charge in [0.2, 0.25) is 0 Å². The van der Waals surface area contributed by atoms with Crippen molar-refractivity contribution in [3.8, 4) is 55.6 Å². The van der Waals surface area contributed by atoms with E-state index in [1.54, 1.807) is 6.07 Å². The lowest BCUT2D eigenvalue weighted by Gasteiger charge is -2.26. The van der Waals surface area contributed by atoms with Gasteiger partial charge >= 0.3 is 7.12 Å². The quantitative estimate of drug-likeness (QED) is 0.120. The molecule has 0 fully saturated rings. The molecule has 14 rings (SSSR count). The van der Waals surface area contributed by atoms with Gasteiger partial charge in [-0.1, -0.05) is 283 Å². The van der Waals surface area contributed by atoms with Crippen molar-refractivity contribution in [2.24, 2.45) is 0 Å². The zero-order chi connectivity index (χ0) is 58.4. The normalized spacial score (nSPS) is 10.7. The number of halogens is 1. The number of rotatable bonds is 12. The van der Waals surface area contributed by atoms with E-state index >= 15 is 0 Å². The molecule has 0 heterocycles. The zero-order valence-electron chi connectivity index (χ0n) is 47.2. The molecule has 0 atom stereocenters. The predicted molar refractivity (Wildman–Crippen MR) is 368 cm³/mol. The summed E-state index contributed by atoms with van der Waals surface area (Å²) in [6, 6.07) is 123. The SMILES string of the molecule is Brc1ccc(N(c2ccc(-c3ccccc3)cc2)c2ccc(-c3ccccc3)cc2)cc1.OB(O)c1cccc2ccccc12.c1ccc(-c2ccc(N(c3ccc(-c4ccccc4)cc3)c3ccc(-c4cccc5ccccc45)cc3)cc2)cc1. The van der Waals surface area contributed by atoms with Crippen LogP contribution in [-0.2, 0) is 0 Å². The van der Waals surface area contributed by atoms with Crippen LogP contribution >= 0.6 is 15.9 Å². The van der Waals surface area contributed by atoms with Gasteiger partial charge in [-0.3, -0.25) is 0 Å². The third-order valence-corrected chi connectivity index (χ3v) is 15.9. The summed E-state index contributed by atoms with van der Waals surface area (Å²) in [5.41, 5.74) is 19.5.